The average molecular weight is 402 g/mol. The van der Waals surface area contributed by atoms with E-state index >= 15 is 0 Å². The molecule has 25 heavy (non-hydrogen) atoms. The molecular formula is C15H23N5O2S3. The quantitative estimate of drug-likeness (QED) is 0.420. The molecule has 0 saturated carbocycles. The first kappa shape index (κ1) is 19.8. The Morgan fingerprint density at radius 3 is 2.64 bits per heavy atom. The zero-order valence-corrected chi connectivity index (χ0v) is 17.2. The normalized spacial score (nSPS) is 12.4. The van der Waals surface area contributed by atoms with Gasteiger partial charge in [-0.25, -0.2) is 18.1 Å². The van der Waals surface area contributed by atoms with Crippen molar-refractivity contribution in [1.29, 1.82) is 0 Å². The van der Waals surface area contributed by atoms with Crippen LogP contribution in [0.15, 0.2) is 26.7 Å². The van der Waals surface area contributed by atoms with Crippen LogP contribution < -0.4 is 10.0 Å². The molecule has 0 fully saturated rings. The third-order valence-corrected chi connectivity index (χ3v) is 7.10. The predicted octanol–water partition coefficient (Wildman–Crippen LogP) is 1.81. The van der Waals surface area contributed by atoms with Crippen molar-refractivity contribution in [3.8, 4) is 0 Å². The van der Waals surface area contributed by atoms with E-state index in [1.165, 1.54) is 11.3 Å². The van der Waals surface area contributed by atoms with Crippen LogP contribution in [0.3, 0.4) is 0 Å². The van der Waals surface area contributed by atoms with Crippen LogP contribution in [0.2, 0.25) is 0 Å². The molecule has 2 aromatic rings. The van der Waals surface area contributed by atoms with Crippen LogP contribution in [0.4, 0.5) is 0 Å². The number of rotatable bonds is 7. The molecule has 0 aliphatic carbocycles. The van der Waals surface area contributed by atoms with Gasteiger partial charge in [0.15, 0.2) is 5.96 Å². The molecular weight excluding hydrogens is 378 g/mol. The van der Waals surface area contributed by atoms with Gasteiger partial charge in [-0.3, -0.25) is 4.99 Å². The molecule has 0 aliphatic rings. The summed E-state index contributed by atoms with van der Waals surface area (Å²) in [5.41, 5.74) is 0.988. The highest BCUT2D eigenvalue weighted by atomic mass is 32.2. The van der Waals surface area contributed by atoms with Crippen LogP contribution in [0.25, 0.3) is 0 Å². The van der Waals surface area contributed by atoms with E-state index in [1.807, 2.05) is 31.2 Å². The highest BCUT2D eigenvalue weighted by molar-refractivity contribution is 7.91. The maximum absolute atomic E-state index is 12.2. The average Bonchev–Trinajstić information content (AvgIpc) is 3.16. The molecule has 0 aromatic carbocycles. The molecule has 7 nitrogen and oxygen atoms in total. The van der Waals surface area contributed by atoms with Gasteiger partial charge in [0.2, 0.25) is 10.0 Å². The molecule has 2 heterocycles. The summed E-state index contributed by atoms with van der Waals surface area (Å²) in [6.45, 7) is 5.22. The standard InChI is InChI=1S/C15H23N5O2S3/c1-11-5-6-14(24-11)25(21,22)18-8-7-17-15(16-3)20(4)9-13-10-23-12(2)19-13/h5-6,10,18H,7-9H2,1-4H3,(H,16,17). The molecule has 138 valence electrons. The Kier molecular flexibility index (Phi) is 6.94. The predicted molar refractivity (Wildman–Crippen MR) is 104 cm³/mol. The lowest BCUT2D eigenvalue weighted by atomic mass is 10.4. The van der Waals surface area contributed by atoms with E-state index in [4.69, 9.17) is 0 Å². The largest absolute Gasteiger partial charge is 0.355 e. The maximum Gasteiger partial charge on any atom is 0.250 e. The molecule has 0 unspecified atom stereocenters. The van der Waals surface area contributed by atoms with Crippen LogP contribution in [-0.4, -0.2) is 51.4 Å². The Morgan fingerprint density at radius 1 is 1.32 bits per heavy atom. The van der Waals surface area contributed by atoms with E-state index in [2.05, 4.69) is 20.0 Å². The van der Waals surface area contributed by atoms with Gasteiger partial charge in [0.05, 0.1) is 17.2 Å². The topological polar surface area (TPSA) is 86.7 Å². The third kappa shape index (κ3) is 5.77. The molecule has 2 aromatic heterocycles. The number of hydrogen-bond acceptors (Lipinski definition) is 6. The van der Waals surface area contributed by atoms with Crippen LogP contribution >= 0.6 is 22.7 Å². The minimum Gasteiger partial charge on any atom is -0.355 e. The number of hydrogen-bond donors (Lipinski definition) is 2. The van der Waals surface area contributed by atoms with E-state index in [0.717, 1.165) is 15.6 Å². The molecule has 2 rings (SSSR count). The maximum atomic E-state index is 12.2. The first-order chi connectivity index (χ1) is 11.8. The number of guanidine groups is 1. The summed E-state index contributed by atoms with van der Waals surface area (Å²) in [6, 6.07) is 3.42. The van der Waals surface area contributed by atoms with Crippen molar-refractivity contribution in [2.75, 3.05) is 27.2 Å². The first-order valence-corrected chi connectivity index (χ1v) is 10.9. The molecule has 2 N–H and O–H groups in total. The second-order valence-electron chi connectivity index (χ2n) is 5.45. The van der Waals surface area contributed by atoms with Gasteiger partial charge >= 0.3 is 0 Å². The number of thiophene rings is 1. The zero-order valence-electron chi connectivity index (χ0n) is 14.7. The van der Waals surface area contributed by atoms with Gasteiger partial charge in [-0.2, -0.15) is 0 Å². The second kappa shape index (κ2) is 8.75. The van der Waals surface area contributed by atoms with Gasteiger partial charge < -0.3 is 10.2 Å². The molecule has 0 bridgehead atoms. The Labute approximate surface area is 156 Å². The molecule has 0 radical (unpaired) electrons. The van der Waals surface area contributed by atoms with Gasteiger partial charge in [-0.15, -0.1) is 22.7 Å². The number of sulfonamides is 1. The lowest BCUT2D eigenvalue weighted by Gasteiger charge is -2.21. The van der Waals surface area contributed by atoms with E-state index < -0.39 is 10.0 Å². The van der Waals surface area contributed by atoms with Crippen LogP contribution in [-0.2, 0) is 16.6 Å². The van der Waals surface area contributed by atoms with Crippen molar-refractivity contribution in [3.63, 3.8) is 0 Å². The summed E-state index contributed by atoms with van der Waals surface area (Å²) in [6.07, 6.45) is 0. The number of thiazole rings is 1. The fourth-order valence-corrected chi connectivity index (χ4v) is 5.13. The summed E-state index contributed by atoms with van der Waals surface area (Å²) in [5, 5.41) is 6.21. The number of aromatic nitrogens is 1. The van der Waals surface area contributed by atoms with Crippen molar-refractivity contribution in [2.24, 2.45) is 4.99 Å². The molecule has 0 atom stereocenters. The van der Waals surface area contributed by atoms with Gasteiger partial charge in [-0.05, 0) is 26.0 Å². The Bertz CT molecular complexity index is 826. The number of aliphatic imine (C=N–C) groups is 1. The lowest BCUT2D eigenvalue weighted by molar-refractivity contribution is 0.471. The summed E-state index contributed by atoms with van der Waals surface area (Å²) < 4.78 is 27.3. The zero-order chi connectivity index (χ0) is 18.4. The Hall–Kier alpha value is -1.49. The summed E-state index contributed by atoms with van der Waals surface area (Å²) in [4.78, 5) is 11.6. The fourth-order valence-electron chi connectivity index (χ4n) is 2.17. The summed E-state index contributed by atoms with van der Waals surface area (Å²) in [5.74, 6) is 0.691. The number of nitrogens with one attached hydrogen (secondary N) is 2. The van der Waals surface area contributed by atoms with E-state index in [0.29, 0.717) is 23.3 Å². The van der Waals surface area contributed by atoms with E-state index in [1.54, 1.807) is 30.5 Å². The summed E-state index contributed by atoms with van der Waals surface area (Å²) in [7, 11) is 0.174. The molecule has 10 heteroatoms. The highest BCUT2D eigenvalue weighted by Crippen LogP contribution is 2.19. The van der Waals surface area contributed by atoms with Crippen LogP contribution in [0, 0.1) is 13.8 Å². The molecule has 0 amide bonds. The van der Waals surface area contributed by atoms with Gasteiger partial charge in [0, 0.05) is 37.4 Å². The van der Waals surface area contributed by atoms with Gasteiger partial charge in [-0.1, -0.05) is 0 Å². The second-order valence-corrected chi connectivity index (χ2v) is 9.79. The molecule has 0 spiro atoms. The minimum absolute atomic E-state index is 0.280. The van der Waals surface area contributed by atoms with Crippen molar-refractivity contribution < 1.29 is 8.42 Å². The number of aryl methyl sites for hydroxylation is 2. The monoisotopic (exact) mass is 401 g/mol. The Morgan fingerprint density at radius 2 is 2.08 bits per heavy atom. The fraction of sp³-hybridized carbons (Fsp3) is 0.467. The van der Waals surface area contributed by atoms with Crippen LogP contribution in [0.1, 0.15) is 15.6 Å². The summed E-state index contributed by atoms with van der Waals surface area (Å²) >= 11 is 2.88. The Balaban J connectivity index is 1.81. The smallest absolute Gasteiger partial charge is 0.250 e. The van der Waals surface area contributed by atoms with Crippen molar-refractivity contribution in [1.82, 2.24) is 19.9 Å². The highest BCUT2D eigenvalue weighted by Gasteiger charge is 2.15. The number of nitrogens with zero attached hydrogens (tertiary/aromatic N) is 3. The van der Waals surface area contributed by atoms with E-state index in [9.17, 15) is 8.42 Å². The van der Waals surface area contributed by atoms with Crippen molar-refractivity contribution in [3.05, 3.63) is 33.1 Å². The lowest BCUT2D eigenvalue weighted by Crippen LogP contribution is -2.42. The van der Waals surface area contributed by atoms with Gasteiger partial charge in [0.1, 0.15) is 4.21 Å². The molecule has 0 aliphatic heterocycles. The van der Waals surface area contributed by atoms with Crippen molar-refractivity contribution in [2.45, 2.75) is 24.6 Å². The van der Waals surface area contributed by atoms with Gasteiger partial charge in [0.25, 0.3) is 0 Å². The first-order valence-electron chi connectivity index (χ1n) is 7.70. The minimum atomic E-state index is -3.44. The SMILES string of the molecule is CN=C(NCCNS(=O)(=O)c1ccc(C)s1)N(C)Cc1csc(C)n1. The van der Waals surface area contributed by atoms with Crippen LogP contribution in [0.5, 0.6) is 0 Å². The third-order valence-electron chi connectivity index (χ3n) is 3.32. The van der Waals surface area contributed by atoms with E-state index in [-0.39, 0.29) is 6.54 Å². The molecule has 0 saturated heterocycles. The van der Waals surface area contributed by atoms with Crippen molar-refractivity contribution >= 4 is 38.7 Å².